The Balaban J connectivity index is 2.24. The Labute approximate surface area is 121 Å². The summed E-state index contributed by atoms with van der Waals surface area (Å²) in [5.74, 6) is -0.261. The number of halogens is 3. The smallest absolute Gasteiger partial charge is 0.406 e. The highest BCUT2D eigenvalue weighted by Gasteiger charge is 2.30. The van der Waals surface area contributed by atoms with E-state index in [0.29, 0.717) is 26.1 Å². The Morgan fingerprint density at radius 3 is 2.29 bits per heavy atom. The normalized spacial score (nSPS) is 12.4. The second-order valence-electron chi connectivity index (χ2n) is 4.39. The number of alkyl halides is 3. The van der Waals surface area contributed by atoms with Crippen molar-refractivity contribution in [3.8, 4) is 5.75 Å². The summed E-state index contributed by atoms with van der Waals surface area (Å²) in [6.07, 6.45) is -2.99. The van der Waals surface area contributed by atoms with Crippen LogP contribution in [0.5, 0.6) is 5.75 Å². The van der Waals surface area contributed by atoms with Gasteiger partial charge < -0.3 is 10.1 Å². The molecule has 1 rings (SSSR count). The lowest BCUT2D eigenvalue weighted by Crippen LogP contribution is -2.26. The van der Waals surface area contributed by atoms with E-state index in [0.717, 1.165) is 11.8 Å². The van der Waals surface area contributed by atoms with Gasteiger partial charge in [0.15, 0.2) is 0 Å². The summed E-state index contributed by atoms with van der Waals surface area (Å²) in [6.45, 7) is 1.40. The number of hydrogen-bond acceptors (Lipinski definition) is 4. The standard InChI is InChI=1S/C12H17F3N2O3S/c1-21(18,19)17-8-2-7-16-9-10-3-5-11(6-4-10)20-12(13,14)15/h3-6,16-17H,2,7-9H2,1H3. The summed E-state index contributed by atoms with van der Waals surface area (Å²) in [4.78, 5) is 0. The van der Waals surface area contributed by atoms with Crippen LogP contribution in [0, 0.1) is 0 Å². The molecule has 0 heterocycles. The molecule has 0 spiro atoms. The van der Waals surface area contributed by atoms with Crippen LogP contribution in [0.2, 0.25) is 0 Å². The number of hydrogen-bond donors (Lipinski definition) is 2. The number of sulfonamides is 1. The number of ether oxygens (including phenoxy) is 1. The third-order valence-electron chi connectivity index (χ3n) is 2.38. The van der Waals surface area contributed by atoms with Gasteiger partial charge in [0.2, 0.25) is 10.0 Å². The fourth-order valence-corrected chi connectivity index (χ4v) is 2.03. The van der Waals surface area contributed by atoms with Gasteiger partial charge in [-0.25, -0.2) is 13.1 Å². The molecule has 0 aliphatic heterocycles. The van der Waals surface area contributed by atoms with Gasteiger partial charge >= 0.3 is 6.36 Å². The van der Waals surface area contributed by atoms with Crippen LogP contribution in [-0.4, -0.2) is 34.1 Å². The molecule has 0 saturated carbocycles. The van der Waals surface area contributed by atoms with Crippen molar-refractivity contribution in [2.24, 2.45) is 0 Å². The van der Waals surface area contributed by atoms with Crippen LogP contribution in [0.4, 0.5) is 13.2 Å². The van der Waals surface area contributed by atoms with E-state index in [4.69, 9.17) is 0 Å². The van der Waals surface area contributed by atoms with Crippen molar-refractivity contribution in [2.45, 2.75) is 19.3 Å². The molecule has 0 radical (unpaired) electrons. The Bertz CT molecular complexity index is 530. The highest BCUT2D eigenvalue weighted by molar-refractivity contribution is 7.88. The maximum absolute atomic E-state index is 12.0. The van der Waals surface area contributed by atoms with Crippen molar-refractivity contribution in [1.82, 2.24) is 10.0 Å². The van der Waals surface area contributed by atoms with Crippen molar-refractivity contribution < 1.29 is 26.3 Å². The van der Waals surface area contributed by atoms with E-state index in [1.54, 1.807) is 0 Å². The fourth-order valence-electron chi connectivity index (χ4n) is 1.51. The highest BCUT2D eigenvalue weighted by Crippen LogP contribution is 2.22. The molecule has 0 atom stereocenters. The van der Waals surface area contributed by atoms with Crippen LogP contribution in [0.25, 0.3) is 0 Å². The van der Waals surface area contributed by atoms with Crippen molar-refractivity contribution in [3.05, 3.63) is 29.8 Å². The molecule has 0 unspecified atom stereocenters. The Kier molecular flexibility index (Phi) is 6.43. The molecule has 1 aromatic rings. The second kappa shape index (κ2) is 7.62. The largest absolute Gasteiger partial charge is 0.573 e. The maximum Gasteiger partial charge on any atom is 0.573 e. The summed E-state index contributed by atoms with van der Waals surface area (Å²) in [7, 11) is -3.17. The SMILES string of the molecule is CS(=O)(=O)NCCCNCc1ccc(OC(F)(F)F)cc1. The number of nitrogens with one attached hydrogen (secondary N) is 2. The summed E-state index contributed by atoms with van der Waals surface area (Å²) >= 11 is 0. The Morgan fingerprint density at radius 2 is 1.76 bits per heavy atom. The molecule has 1 aromatic carbocycles. The first-order valence-electron chi connectivity index (χ1n) is 6.16. The van der Waals surface area contributed by atoms with Crippen LogP contribution in [0.1, 0.15) is 12.0 Å². The quantitative estimate of drug-likeness (QED) is 0.712. The molecule has 9 heteroatoms. The zero-order chi connectivity index (χ0) is 15.9. The average Bonchev–Trinajstić information content (AvgIpc) is 2.32. The first-order chi connectivity index (χ1) is 9.66. The lowest BCUT2D eigenvalue weighted by atomic mass is 10.2. The third kappa shape index (κ3) is 9.27. The van der Waals surface area contributed by atoms with Gasteiger partial charge in [-0.2, -0.15) is 0 Å². The molecule has 120 valence electrons. The van der Waals surface area contributed by atoms with Crippen molar-refractivity contribution >= 4 is 10.0 Å². The van der Waals surface area contributed by atoms with Crippen LogP contribution in [-0.2, 0) is 16.6 Å². The first-order valence-corrected chi connectivity index (χ1v) is 8.05. The van der Waals surface area contributed by atoms with E-state index in [-0.39, 0.29) is 5.75 Å². The monoisotopic (exact) mass is 326 g/mol. The second-order valence-corrected chi connectivity index (χ2v) is 6.22. The zero-order valence-electron chi connectivity index (χ0n) is 11.4. The molecule has 0 aliphatic carbocycles. The van der Waals surface area contributed by atoms with Gasteiger partial charge in [0.05, 0.1) is 6.26 Å². The van der Waals surface area contributed by atoms with E-state index >= 15 is 0 Å². The molecule has 0 bridgehead atoms. The summed E-state index contributed by atoms with van der Waals surface area (Å²) in [5, 5.41) is 3.06. The first kappa shape index (κ1) is 17.7. The van der Waals surface area contributed by atoms with Crippen LogP contribution in [0.3, 0.4) is 0 Å². The topological polar surface area (TPSA) is 67.4 Å². The minimum Gasteiger partial charge on any atom is -0.406 e. The molecule has 0 saturated heterocycles. The van der Waals surface area contributed by atoms with Crippen LogP contribution >= 0.6 is 0 Å². The third-order valence-corrected chi connectivity index (χ3v) is 3.11. The average molecular weight is 326 g/mol. The number of rotatable bonds is 8. The Morgan fingerprint density at radius 1 is 1.14 bits per heavy atom. The van der Waals surface area contributed by atoms with Crippen LogP contribution in [0.15, 0.2) is 24.3 Å². The Hall–Kier alpha value is -1.32. The van der Waals surface area contributed by atoms with E-state index in [2.05, 4.69) is 14.8 Å². The van der Waals surface area contributed by atoms with Gasteiger partial charge in [0, 0.05) is 13.1 Å². The van der Waals surface area contributed by atoms with Crippen molar-refractivity contribution in [2.75, 3.05) is 19.3 Å². The molecule has 0 amide bonds. The summed E-state index contributed by atoms with van der Waals surface area (Å²) < 4.78 is 63.6. The zero-order valence-corrected chi connectivity index (χ0v) is 12.2. The molecule has 5 nitrogen and oxygen atoms in total. The molecule has 0 aromatic heterocycles. The molecular weight excluding hydrogens is 309 g/mol. The van der Waals surface area contributed by atoms with E-state index < -0.39 is 16.4 Å². The summed E-state index contributed by atoms with van der Waals surface area (Å²) in [6, 6.07) is 5.55. The number of benzene rings is 1. The van der Waals surface area contributed by atoms with Gasteiger partial charge in [0.1, 0.15) is 5.75 Å². The van der Waals surface area contributed by atoms with Gasteiger partial charge in [-0.05, 0) is 30.7 Å². The van der Waals surface area contributed by atoms with E-state index in [1.165, 1.54) is 24.3 Å². The highest BCUT2D eigenvalue weighted by atomic mass is 32.2. The van der Waals surface area contributed by atoms with Crippen LogP contribution < -0.4 is 14.8 Å². The van der Waals surface area contributed by atoms with E-state index in [9.17, 15) is 21.6 Å². The molecule has 2 N–H and O–H groups in total. The lowest BCUT2D eigenvalue weighted by Gasteiger charge is -2.09. The van der Waals surface area contributed by atoms with Gasteiger partial charge in [0.25, 0.3) is 0 Å². The molecule has 0 fully saturated rings. The molecular formula is C12H17F3N2O3S. The molecule has 21 heavy (non-hydrogen) atoms. The lowest BCUT2D eigenvalue weighted by molar-refractivity contribution is -0.274. The predicted octanol–water partition coefficient (Wildman–Crippen LogP) is 1.61. The predicted molar refractivity (Wildman–Crippen MR) is 72.3 cm³/mol. The minimum absolute atomic E-state index is 0.261. The fraction of sp³-hybridized carbons (Fsp3) is 0.500. The van der Waals surface area contributed by atoms with E-state index in [1.807, 2.05) is 0 Å². The van der Waals surface area contributed by atoms with Crippen molar-refractivity contribution in [3.63, 3.8) is 0 Å². The molecule has 0 aliphatic rings. The van der Waals surface area contributed by atoms with Crippen molar-refractivity contribution in [1.29, 1.82) is 0 Å². The maximum atomic E-state index is 12.0. The van der Waals surface area contributed by atoms with Gasteiger partial charge in [-0.1, -0.05) is 12.1 Å². The van der Waals surface area contributed by atoms with Gasteiger partial charge in [-0.15, -0.1) is 13.2 Å². The van der Waals surface area contributed by atoms with Gasteiger partial charge in [-0.3, -0.25) is 0 Å². The minimum atomic E-state index is -4.69. The summed E-state index contributed by atoms with van der Waals surface area (Å²) in [5.41, 5.74) is 0.806.